The van der Waals surface area contributed by atoms with Crippen LogP contribution >= 0.6 is 11.3 Å². The third kappa shape index (κ3) is 4.79. The molecule has 33 heavy (non-hydrogen) atoms. The molecule has 1 N–H and O–H groups in total. The van der Waals surface area contributed by atoms with Crippen molar-refractivity contribution in [1.29, 1.82) is 5.26 Å². The van der Waals surface area contributed by atoms with Gasteiger partial charge in [-0.05, 0) is 41.5 Å². The van der Waals surface area contributed by atoms with Gasteiger partial charge in [0.2, 0.25) is 17.7 Å². The van der Waals surface area contributed by atoms with Gasteiger partial charge in [-0.2, -0.15) is 5.26 Å². The fourth-order valence-electron chi connectivity index (χ4n) is 3.43. The summed E-state index contributed by atoms with van der Waals surface area (Å²) in [5.41, 5.74) is 4.24. The first-order valence-corrected chi connectivity index (χ1v) is 11.0. The minimum atomic E-state index is -0.297. The molecule has 5 aromatic rings. The van der Waals surface area contributed by atoms with Gasteiger partial charge in [-0.3, -0.25) is 4.79 Å². The summed E-state index contributed by atoms with van der Waals surface area (Å²) in [5, 5.41) is 20.6. The summed E-state index contributed by atoms with van der Waals surface area (Å²) in [6, 6.07) is 25.2. The summed E-state index contributed by atoms with van der Waals surface area (Å²) in [6.07, 6.45) is 0.350. The second kappa shape index (κ2) is 9.02. The number of nitrogens with zero attached hydrogens (tertiary/aromatic N) is 4. The first kappa shape index (κ1) is 20.5. The minimum Gasteiger partial charge on any atom is -0.424 e. The average Bonchev–Trinajstić information content (AvgIpc) is 3.45. The standard InChI is InChI=1S/C25H17N5O2S/c26-15-16-5-4-8-19(11-16)27-22(31)13-23-29-30-24(32-23)14-25-28-20-10-9-18(12-21(20)33-25)17-6-2-1-3-7-17/h1-12H,13-14H2,(H,27,31). The van der Waals surface area contributed by atoms with Crippen LogP contribution in [0.2, 0.25) is 0 Å². The van der Waals surface area contributed by atoms with Crippen LogP contribution in [0.3, 0.4) is 0 Å². The van der Waals surface area contributed by atoms with Gasteiger partial charge < -0.3 is 9.73 Å². The summed E-state index contributed by atoms with van der Waals surface area (Å²) in [6.45, 7) is 0. The van der Waals surface area contributed by atoms with E-state index in [1.54, 1.807) is 35.6 Å². The van der Waals surface area contributed by atoms with E-state index >= 15 is 0 Å². The van der Waals surface area contributed by atoms with Gasteiger partial charge in [-0.1, -0.05) is 42.5 Å². The van der Waals surface area contributed by atoms with Crippen molar-refractivity contribution >= 4 is 33.1 Å². The van der Waals surface area contributed by atoms with Crippen LogP contribution in [-0.4, -0.2) is 21.1 Å². The van der Waals surface area contributed by atoms with Crippen molar-refractivity contribution in [2.45, 2.75) is 12.8 Å². The molecule has 160 valence electrons. The maximum atomic E-state index is 12.3. The third-order valence-corrected chi connectivity index (χ3v) is 5.96. The molecule has 3 aromatic carbocycles. The molecule has 0 aliphatic heterocycles. The number of rotatable bonds is 6. The molecule has 1 amide bonds. The van der Waals surface area contributed by atoms with E-state index < -0.39 is 0 Å². The van der Waals surface area contributed by atoms with Crippen LogP contribution in [0.15, 0.2) is 77.2 Å². The number of carbonyl (C=O) groups excluding carboxylic acids is 1. The number of hydrogen-bond acceptors (Lipinski definition) is 7. The lowest BCUT2D eigenvalue weighted by Crippen LogP contribution is -2.14. The summed E-state index contributed by atoms with van der Waals surface area (Å²) < 4.78 is 6.75. The number of amides is 1. The molecule has 0 atom stereocenters. The lowest BCUT2D eigenvalue weighted by Gasteiger charge is -2.03. The first-order chi connectivity index (χ1) is 16.2. The van der Waals surface area contributed by atoms with Crippen molar-refractivity contribution in [3.05, 3.63) is 95.1 Å². The quantitative estimate of drug-likeness (QED) is 0.390. The number of benzene rings is 3. The van der Waals surface area contributed by atoms with Crippen LogP contribution < -0.4 is 5.32 Å². The summed E-state index contributed by atoms with van der Waals surface area (Å²) in [4.78, 5) is 17.0. The smallest absolute Gasteiger partial charge is 0.233 e. The van der Waals surface area contributed by atoms with Crippen molar-refractivity contribution in [2.75, 3.05) is 5.32 Å². The topological polar surface area (TPSA) is 105 Å². The maximum Gasteiger partial charge on any atom is 0.233 e. The molecular formula is C25H17N5O2S. The van der Waals surface area contributed by atoms with Gasteiger partial charge in [0.05, 0.1) is 28.3 Å². The number of anilines is 1. The number of nitriles is 1. The Hall–Kier alpha value is -4.35. The summed E-state index contributed by atoms with van der Waals surface area (Å²) in [7, 11) is 0. The molecule has 0 aliphatic carbocycles. The minimum absolute atomic E-state index is 0.0515. The zero-order valence-electron chi connectivity index (χ0n) is 17.4. The van der Waals surface area contributed by atoms with E-state index in [0.29, 0.717) is 23.6 Å². The van der Waals surface area contributed by atoms with Crippen LogP contribution in [0.4, 0.5) is 5.69 Å². The van der Waals surface area contributed by atoms with Crippen molar-refractivity contribution in [3.63, 3.8) is 0 Å². The summed E-state index contributed by atoms with van der Waals surface area (Å²) >= 11 is 1.58. The Balaban J connectivity index is 1.25. The van der Waals surface area contributed by atoms with Gasteiger partial charge in [-0.25, -0.2) is 4.98 Å². The van der Waals surface area contributed by atoms with E-state index in [-0.39, 0.29) is 18.2 Å². The molecule has 0 unspecified atom stereocenters. The number of carbonyl (C=O) groups is 1. The molecule has 0 radical (unpaired) electrons. The Labute approximate surface area is 193 Å². The maximum absolute atomic E-state index is 12.3. The highest BCUT2D eigenvalue weighted by Crippen LogP contribution is 2.29. The Morgan fingerprint density at radius 3 is 2.67 bits per heavy atom. The molecule has 5 rings (SSSR count). The number of nitrogens with one attached hydrogen (secondary N) is 1. The average molecular weight is 452 g/mol. The second-order valence-electron chi connectivity index (χ2n) is 7.34. The van der Waals surface area contributed by atoms with Crippen LogP contribution in [0.25, 0.3) is 21.3 Å². The molecule has 8 heteroatoms. The number of thiazole rings is 1. The van der Waals surface area contributed by atoms with Gasteiger partial charge in [0, 0.05) is 5.69 Å². The number of hydrogen-bond donors (Lipinski definition) is 1. The highest BCUT2D eigenvalue weighted by atomic mass is 32.1. The van der Waals surface area contributed by atoms with Crippen LogP contribution in [-0.2, 0) is 17.6 Å². The van der Waals surface area contributed by atoms with Gasteiger partial charge in [-0.15, -0.1) is 21.5 Å². The van der Waals surface area contributed by atoms with E-state index in [0.717, 1.165) is 26.4 Å². The monoisotopic (exact) mass is 451 g/mol. The Bertz CT molecular complexity index is 1480. The molecule has 0 saturated carbocycles. The van der Waals surface area contributed by atoms with Crippen molar-refractivity contribution in [3.8, 4) is 17.2 Å². The first-order valence-electron chi connectivity index (χ1n) is 10.2. The van der Waals surface area contributed by atoms with E-state index in [1.165, 1.54) is 0 Å². The van der Waals surface area contributed by atoms with E-state index in [4.69, 9.17) is 9.68 Å². The second-order valence-corrected chi connectivity index (χ2v) is 8.46. The fourth-order valence-corrected chi connectivity index (χ4v) is 4.43. The fraction of sp³-hybridized carbons (Fsp3) is 0.0800. The van der Waals surface area contributed by atoms with Gasteiger partial charge in [0.25, 0.3) is 0 Å². The van der Waals surface area contributed by atoms with Crippen molar-refractivity contribution in [2.24, 2.45) is 0 Å². The van der Waals surface area contributed by atoms with E-state index in [9.17, 15) is 4.79 Å². The van der Waals surface area contributed by atoms with Gasteiger partial charge in [0.1, 0.15) is 11.4 Å². The predicted molar refractivity (Wildman–Crippen MR) is 126 cm³/mol. The highest BCUT2D eigenvalue weighted by molar-refractivity contribution is 7.18. The molecule has 2 heterocycles. The van der Waals surface area contributed by atoms with E-state index in [2.05, 4.69) is 44.8 Å². The lowest BCUT2D eigenvalue weighted by atomic mass is 10.1. The molecular weight excluding hydrogens is 434 g/mol. The largest absolute Gasteiger partial charge is 0.424 e. The number of fused-ring (bicyclic) bond motifs is 1. The van der Waals surface area contributed by atoms with Gasteiger partial charge in [0.15, 0.2) is 0 Å². The van der Waals surface area contributed by atoms with E-state index in [1.807, 2.05) is 30.3 Å². The zero-order chi connectivity index (χ0) is 22.6. The molecule has 0 bridgehead atoms. The normalized spacial score (nSPS) is 10.8. The number of aromatic nitrogens is 3. The zero-order valence-corrected chi connectivity index (χ0v) is 18.2. The van der Waals surface area contributed by atoms with Gasteiger partial charge >= 0.3 is 0 Å². The molecule has 0 aliphatic rings. The van der Waals surface area contributed by atoms with Crippen molar-refractivity contribution < 1.29 is 9.21 Å². The van der Waals surface area contributed by atoms with Crippen LogP contribution in [0.5, 0.6) is 0 Å². The molecule has 0 spiro atoms. The SMILES string of the molecule is N#Cc1cccc(NC(=O)Cc2nnc(Cc3nc4ccc(-c5ccccc5)cc4s3)o2)c1. The van der Waals surface area contributed by atoms with Crippen LogP contribution in [0.1, 0.15) is 22.4 Å². The third-order valence-electron chi connectivity index (χ3n) is 4.94. The molecule has 0 fully saturated rings. The highest BCUT2D eigenvalue weighted by Gasteiger charge is 2.14. The van der Waals surface area contributed by atoms with Crippen molar-refractivity contribution in [1.82, 2.24) is 15.2 Å². The predicted octanol–water partition coefficient (Wildman–Crippen LogP) is 4.99. The lowest BCUT2D eigenvalue weighted by molar-refractivity contribution is -0.115. The van der Waals surface area contributed by atoms with Crippen LogP contribution in [0, 0.1) is 11.3 Å². The molecule has 7 nitrogen and oxygen atoms in total. The summed E-state index contributed by atoms with van der Waals surface area (Å²) in [5.74, 6) is 0.340. The molecule has 0 saturated heterocycles. The molecule has 2 aromatic heterocycles. The Kier molecular flexibility index (Phi) is 5.62. The Morgan fingerprint density at radius 1 is 0.970 bits per heavy atom. The Morgan fingerprint density at radius 2 is 1.82 bits per heavy atom.